The van der Waals surface area contributed by atoms with Crippen molar-refractivity contribution in [2.45, 2.75) is 32.4 Å². The quantitative estimate of drug-likeness (QED) is 0.391. The summed E-state index contributed by atoms with van der Waals surface area (Å²) in [6, 6.07) is 2.17. The molecule has 1 fully saturated rings. The van der Waals surface area contributed by atoms with Gasteiger partial charge in [-0.3, -0.25) is 9.67 Å². The number of piperidine rings is 1. The Labute approximate surface area is 171 Å². The molecule has 9 heteroatoms. The molecular formula is C17H27IN8. The fraction of sp³-hybridized carbons (Fsp3) is 0.529. The summed E-state index contributed by atoms with van der Waals surface area (Å²) in [7, 11) is 1.80. The fourth-order valence-electron chi connectivity index (χ4n) is 3.00. The molecule has 0 radical (unpaired) electrons. The molecule has 1 aliphatic heterocycles. The van der Waals surface area contributed by atoms with E-state index in [9.17, 15) is 0 Å². The van der Waals surface area contributed by atoms with Gasteiger partial charge in [0.2, 0.25) is 5.95 Å². The van der Waals surface area contributed by atoms with Gasteiger partial charge in [0.15, 0.2) is 5.96 Å². The highest BCUT2D eigenvalue weighted by atomic mass is 127. The van der Waals surface area contributed by atoms with Crippen LogP contribution in [0.25, 0.3) is 0 Å². The Morgan fingerprint density at radius 1 is 1.35 bits per heavy atom. The first kappa shape index (κ1) is 20.4. The average Bonchev–Trinajstić information content (AvgIpc) is 3.07. The molecule has 142 valence electrons. The molecule has 2 aromatic rings. The molecule has 8 nitrogen and oxygen atoms in total. The maximum atomic E-state index is 4.35. The van der Waals surface area contributed by atoms with E-state index in [2.05, 4.69) is 35.6 Å². The lowest BCUT2D eigenvalue weighted by Crippen LogP contribution is -2.51. The molecule has 1 aliphatic rings. The summed E-state index contributed by atoms with van der Waals surface area (Å²) in [6.45, 7) is 5.50. The SMILES string of the molecule is CN=C(NCCn1cc(C)cn1)NC1CCCN(c2ncccn2)C1.I. The molecule has 0 bridgehead atoms. The lowest BCUT2D eigenvalue weighted by molar-refractivity contribution is 0.462. The van der Waals surface area contributed by atoms with E-state index in [1.807, 2.05) is 30.1 Å². The molecule has 0 aliphatic carbocycles. The zero-order valence-corrected chi connectivity index (χ0v) is 17.6. The van der Waals surface area contributed by atoms with Gasteiger partial charge in [0, 0.05) is 51.3 Å². The minimum absolute atomic E-state index is 0. The van der Waals surface area contributed by atoms with Gasteiger partial charge in [0.25, 0.3) is 0 Å². The summed E-state index contributed by atoms with van der Waals surface area (Å²) >= 11 is 0. The lowest BCUT2D eigenvalue weighted by atomic mass is 10.1. The second-order valence-electron chi connectivity index (χ2n) is 6.26. The van der Waals surface area contributed by atoms with Crippen molar-refractivity contribution in [1.29, 1.82) is 0 Å². The van der Waals surface area contributed by atoms with Crippen LogP contribution in [0.5, 0.6) is 0 Å². The van der Waals surface area contributed by atoms with Gasteiger partial charge in [-0.2, -0.15) is 5.10 Å². The van der Waals surface area contributed by atoms with Crippen LogP contribution in [0.4, 0.5) is 5.95 Å². The molecule has 0 saturated carbocycles. The molecule has 3 rings (SSSR count). The first-order chi connectivity index (χ1) is 12.2. The first-order valence-corrected chi connectivity index (χ1v) is 8.73. The van der Waals surface area contributed by atoms with Gasteiger partial charge >= 0.3 is 0 Å². The number of aliphatic imine (C=N–C) groups is 1. The molecule has 1 unspecified atom stereocenters. The Kier molecular flexibility index (Phi) is 8.07. The third-order valence-electron chi connectivity index (χ3n) is 4.22. The maximum Gasteiger partial charge on any atom is 0.225 e. The minimum Gasteiger partial charge on any atom is -0.355 e. The Morgan fingerprint density at radius 2 is 2.15 bits per heavy atom. The van der Waals surface area contributed by atoms with Crippen molar-refractivity contribution < 1.29 is 0 Å². The van der Waals surface area contributed by atoms with Gasteiger partial charge in [-0.15, -0.1) is 24.0 Å². The second kappa shape index (κ2) is 10.3. The van der Waals surface area contributed by atoms with Crippen molar-refractivity contribution in [2.24, 2.45) is 4.99 Å². The Morgan fingerprint density at radius 3 is 2.85 bits per heavy atom. The highest BCUT2D eigenvalue weighted by Gasteiger charge is 2.22. The highest BCUT2D eigenvalue weighted by Crippen LogP contribution is 2.15. The van der Waals surface area contributed by atoms with Crippen LogP contribution in [0.1, 0.15) is 18.4 Å². The van der Waals surface area contributed by atoms with E-state index in [0.717, 1.165) is 50.9 Å². The molecule has 0 amide bonds. The summed E-state index contributed by atoms with van der Waals surface area (Å²) in [6.07, 6.45) is 9.71. The van der Waals surface area contributed by atoms with Crippen molar-refractivity contribution in [3.05, 3.63) is 36.4 Å². The van der Waals surface area contributed by atoms with Crippen LogP contribution in [-0.2, 0) is 6.54 Å². The number of hydrogen-bond acceptors (Lipinski definition) is 5. The Hall–Kier alpha value is -1.91. The van der Waals surface area contributed by atoms with Crippen molar-refractivity contribution in [1.82, 2.24) is 30.4 Å². The molecule has 2 aromatic heterocycles. The summed E-state index contributed by atoms with van der Waals surface area (Å²) in [5, 5.41) is 11.2. The predicted molar refractivity (Wildman–Crippen MR) is 114 cm³/mol. The van der Waals surface area contributed by atoms with Crippen molar-refractivity contribution in [3.63, 3.8) is 0 Å². The van der Waals surface area contributed by atoms with Gasteiger partial charge < -0.3 is 15.5 Å². The summed E-state index contributed by atoms with van der Waals surface area (Å²) in [4.78, 5) is 15.3. The third-order valence-corrected chi connectivity index (χ3v) is 4.22. The summed E-state index contributed by atoms with van der Waals surface area (Å²) < 4.78 is 1.94. The van der Waals surface area contributed by atoms with Crippen LogP contribution >= 0.6 is 24.0 Å². The van der Waals surface area contributed by atoms with E-state index in [0.29, 0.717) is 6.04 Å². The fourth-order valence-corrected chi connectivity index (χ4v) is 3.00. The minimum atomic E-state index is 0. The standard InChI is InChI=1S/C17H26N8.HI/c1-14-11-22-25(12-14)10-8-19-16(18-2)23-15-5-3-9-24(13-15)17-20-6-4-7-21-17;/h4,6-7,11-12,15H,3,5,8-10,13H2,1-2H3,(H2,18,19,23);1H. The maximum absolute atomic E-state index is 4.35. The van der Waals surface area contributed by atoms with Crippen LogP contribution in [0, 0.1) is 6.92 Å². The smallest absolute Gasteiger partial charge is 0.225 e. The lowest BCUT2D eigenvalue weighted by Gasteiger charge is -2.33. The monoisotopic (exact) mass is 470 g/mol. The van der Waals surface area contributed by atoms with E-state index < -0.39 is 0 Å². The highest BCUT2D eigenvalue weighted by molar-refractivity contribution is 14.0. The first-order valence-electron chi connectivity index (χ1n) is 8.73. The van der Waals surface area contributed by atoms with Crippen LogP contribution < -0.4 is 15.5 Å². The molecule has 1 saturated heterocycles. The van der Waals surface area contributed by atoms with Gasteiger partial charge in [0.05, 0.1) is 12.7 Å². The molecule has 3 heterocycles. The van der Waals surface area contributed by atoms with E-state index in [1.165, 1.54) is 5.56 Å². The zero-order chi connectivity index (χ0) is 17.5. The normalized spacial score (nSPS) is 17.5. The van der Waals surface area contributed by atoms with Gasteiger partial charge in [-0.25, -0.2) is 9.97 Å². The average molecular weight is 470 g/mol. The second-order valence-corrected chi connectivity index (χ2v) is 6.26. The van der Waals surface area contributed by atoms with Crippen LogP contribution in [-0.4, -0.2) is 58.4 Å². The number of aryl methyl sites for hydroxylation is 1. The number of nitrogens with one attached hydrogen (secondary N) is 2. The zero-order valence-electron chi connectivity index (χ0n) is 15.3. The van der Waals surface area contributed by atoms with E-state index >= 15 is 0 Å². The molecule has 2 N–H and O–H groups in total. The number of halogens is 1. The van der Waals surface area contributed by atoms with Crippen LogP contribution in [0.2, 0.25) is 0 Å². The molecule has 26 heavy (non-hydrogen) atoms. The van der Waals surface area contributed by atoms with Crippen LogP contribution in [0.15, 0.2) is 35.8 Å². The van der Waals surface area contributed by atoms with Crippen molar-refractivity contribution in [2.75, 3.05) is 31.6 Å². The van der Waals surface area contributed by atoms with E-state index in [1.54, 1.807) is 19.4 Å². The number of anilines is 1. The topological polar surface area (TPSA) is 83.3 Å². The summed E-state index contributed by atoms with van der Waals surface area (Å²) in [5.74, 6) is 1.62. The Balaban J connectivity index is 0.00000243. The molecular weight excluding hydrogens is 443 g/mol. The molecule has 0 aromatic carbocycles. The number of aromatic nitrogens is 4. The third kappa shape index (κ3) is 5.82. The number of hydrogen-bond donors (Lipinski definition) is 2. The van der Waals surface area contributed by atoms with Gasteiger partial charge in [-0.1, -0.05) is 0 Å². The Bertz CT molecular complexity index is 687. The van der Waals surface area contributed by atoms with E-state index in [-0.39, 0.29) is 24.0 Å². The predicted octanol–water partition coefficient (Wildman–Crippen LogP) is 1.43. The number of guanidine groups is 1. The number of rotatable bonds is 5. The molecule has 1 atom stereocenters. The van der Waals surface area contributed by atoms with E-state index in [4.69, 9.17) is 0 Å². The van der Waals surface area contributed by atoms with Crippen molar-refractivity contribution >= 4 is 35.9 Å². The van der Waals surface area contributed by atoms with Crippen molar-refractivity contribution in [3.8, 4) is 0 Å². The molecule has 0 spiro atoms. The van der Waals surface area contributed by atoms with Crippen LogP contribution in [0.3, 0.4) is 0 Å². The van der Waals surface area contributed by atoms with Gasteiger partial charge in [-0.05, 0) is 31.4 Å². The van der Waals surface area contributed by atoms with Gasteiger partial charge in [0.1, 0.15) is 0 Å². The largest absolute Gasteiger partial charge is 0.355 e. The number of nitrogens with zero attached hydrogens (tertiary/aromatic N) is 6. The summed E-state index contributed by atoms with van der Waals surface area (Å²) in [5.41, 5.74) is 1.17.